The van der Waals surface area contributed by atoms with Gasteiger partial charge in [0.15, 0.2) is 0 Å². The maximum atomic E-state index is 14.8. The van der Waals surface area contributed by atoms with Crippen molar-refractivity contribution in [2.24, 2.45) is 5.92 Å². The lowest BCUT2D eigenvalue weighted by molar-refractivity contribution is -0.172. The fourth-order valence-electron chi connectivity index (χ4n) is 3.61. The lowest BCUT2D eigenvalue weighted by Gasteiger charge is -2.33. The van der Waals surface area contributed by atoms with E-state index in [2.05, 4.69) is 9.97 Å². The highest BCUT2D eigenvalue weighted by molar-refractivity contribution is 5.84. The van der Waals surface area contributed by atoms with Gasteiger partial charge in [0.05, 0.1) is 17.8 Å². The first-order valence-corrected chi connectivity index (χ1v) is 8.67. The minimum atomic E-state index is -3.40. The number of H-pyrrole nitrogens is 1. The number of methoxy groups -OCH3 is 1. The second-order valence-corrected chi connectivity index (χ2v) is 6.91. The number of nitrogens with zero attached hydrogens (tertiary/aromatic N) is 2. The van der Waals surface area contributed by atoms with Crippen LogP contribution in [0.1, 0.15) is 42.5 Å². The Kier molecular flexibility index (Phi) is 5.11. The molecule has 1 aromatic rings. The van der Waals surface area contributed by atoms with Gasteiger partial charge in [-0.3, -0.25) is 4.79 Å². The molecule has 3 heterocycles. The number of halogens is 2. The van der Waals surface area contributed by atoms with E-state index in [-0.39, 0.29) is 38.7 Å². The number of likely N-dealkylation sites (tertiary alicyclic amines) is 1. The number of imidazole rings is 1. The van der Waals surface area contributed by atoms with Gasteiger partial charge >= 0.3 is 5.92 Å². The number of nitrogens with one attached hydrogen (secondary N) is 1. The minimum Gasteiger partial charge on any atom is -0.381 e. The topological polar surface area (TPSA) is 67.5 Å². The predicted molar refractivity (Wildman–Crippen MR) is 86.4 cm³/mol. The van der Waals surface area contributed by atoms with E-state index in [0.29, 0.717) is 12.2 Å². The molecule has 0 bridgehead atoms. The summed E-state index contributed by atoms with van der Waals surface area (Å²) in [5, 5.41) is 0. The van der Waals surface area contributed by atoms with Crippen molar-refractivity contribution in [3.05, 3.63) is 17.2 Å². The van der Waals surface area contributed by atoms with Crippen molar-refractivity contribution in [1.29, 1.82) is 0 Å². The molecule has 1 aromatic heterocycles. The van der Waals surface area contributed by atoms with Gasteiger partial charge in [-0.25, -0.2) is 4.98 Å². The normalized spacial score (nSPS) is 25.6. The zero-order valence-corrected chi connectivity index (χ0v) is 14.8. The summed E-state index contributed by atoms with van der Waals surface area (Å²) in [4.78, 5) is 21.5. The Morgan fingerprint density at radius 1 is 1.36 bits per heavy atom. The number of amides is 1. The first-order chi connectivity index (χ1) is 11.8. The molecule has 2 saturated heterocycles. The Hall–Kier alpha value is -1.54. The number of rotatable bonds is 4. The molecule has 0 unspecified atom stereocenters. The van der Waals surface area contributed by atoms with Crippen LogP contribution < -0.4 is 0 Å². The van der Waals surface area contributed by atoms with Crippen LogP contribution in [-0.2, 0) is 14.3 Å². The van der Waals surface area contributed by atoms with Crippen LogP contribution in [0.3, 0.4) is 0 Å². The molecule has 2 atom stereocenters. The van der Waals surface area contributed by atoms with Crippen LogP contribution in [0.5, 0.6) is 0 Å². The highest BCUT2D eigenvalue weighted by Gasteiger charge is 2.53. The van der Waals surface area contributed by atoms with E-state index in [9.17, 15) is 13.6 Å². The standard InChI is InChI=1S/C17H25F2N3O3/c1-10-11(2)21-15(20-10)14-8-13(24-3)9-22(14)16(23)17(18,19)12-4-6-25-7-5-12/h12-14H,4-9H2,1-3H3,(H,20,21)/t13-,14+/m1/s1. The summed E-state index contributed by atoms with van der Waals surface area (Å²) >= 11 is 0. The molecule has 0 aliphatic carbocycles. The number of hydrogen-bond donors (Lipinski definition) is 1. The predicted octanol–water partition coefficient (Wildman–Crippen LogP) is 2.38. The zero-order valence-electron chi connectivity index (χ0n) is 14.8. The maximum Gasteiger partial charge on any atom is 0.327 e. The summed E-state index contributed by atoms with van der Waals surface area (Å²) in [6, 6.07) is -0.518. The highest BCUT2D eigenvalue weighted by Crippen LogP contribution is 2.40. The summed E-state index contributed by atoms with van der Waals surface area (Å²) in [6.45, 7) is 4.42. The third kappa shape index (κ3) is 3.42. The Bertz CT molecular complexity index is 609. The lowest BCUT2D eigenvalue weighted by Crippen LogP contribution is -2.49. The van der Waals surface area contributed by atoms with Crippen molar-refractivity contribution < 1.29 is 23.0 Å². The second-order valence-electron chi connectivity index (χ2n) is 6.91. The van der Waals surface area contributed by atoms with Gasteiger partial charge in [-0.05, 0) is 26.7 Å². The number of hydrogen-bond acceptors (Lipinski definition) is 4. The average molecular weight is 357 g/mol. The summed E-state index contributed by atoms with van der Waals surface area (Å²) in [7, 11) is 1.53. The number of aromatic nitrogens is 2. The molecule has 8 heteroatoms. The third-order valence-electron chi connectivity index (χ3n) is 5.34. The quantitative estimate of drug-likeness (QED) is 0.898. The molecule has 1 amide bonds. The van der Waals surface area contributed by atoms with Gasteiger partial charge in [0.1, 0.15) is 5.82 Å². The summed E-state index contributed by atoms with van der Waals surface area (Å²) in [5.74, 6) is -4.96. The van der Waals surface area contributed by atoms with Crippen LogP contribution in [0, 0.1) is 19.8 Å². The monoisotopic (exact) mass is 357 g/mol. The van der Waals surface area contributed by atoms with Gasteiger partial charge in [-0.2, -0.15) is 8.78 Å². The fourth-order valence-corrected chi connectivity index (χ4v) is 3.61. The average Bonchev–Trinajstić information content (AvgIpc) is 3.18. The van der Waals surface area contributed by atoms with E-state index in [0.717, 1.165) is 11.4 Å². The van der Waals surface area contributed by atoms with Gasteiger partial charge in [0.25, 0.3) is 5.91 Å². The van der Waals surface area contributed by atoms with E-state index >= 15 is 0 Å². The van der Waals surface area contributed by atoms with Crippen LogP contribution in [-0.4, -0.2) is 59.7 Å². The number of ether oxygens (including phenoxy) is 2. The highest BCUT2D eigenvalue weighted by atomic mass is 19.3. The van der Waals surface area contributed by atoms with Crippen LogP contribution in [0.2, 0.25) is 0 Å². The number of carbonyl (C=O) groups is 1. The van der Waals surface area contributed by atoms with Crippen molar-refractivity contribution in [2.45, 2.75) is 51.2 Å². The minimum absolute atomic E-state index is 0.150. The molecule has 6 nitrogen and oxygen atoms in total. The Morgan fingerprint density at radius 3 is 2.60 bits per heavy atom. The fraction of sp³-hybridized carbons (Fsp3) is 0.765. The van der Waals surface area contributed by atoms with Crippen molar-refractivity contribution in [3.63, 3.8) is 0 Å². The van der Waals surface area contributed by atoms with Crippen LogP contribution in [0.25, 0.3) is 0 Å². The molecule has 140 valence electrons. The summed E-state index contributed by atoms with van der Waals surface area (Å²) in [5.41, 5.74) is 1.68. The molecule has 3 rings (SSSR count). The van der Waals surface area contributed by atoms with Crippen LogP contribution in [0.15, 0.2) is 0 Å². The van der Waals surface area contributed by atoms with Gasteiger partial charge in [0, 0.05) is 44.9 Å². The molecule has 0 spiro atoms. The summed E-state index contributed by atoms with van der Waals surface area (Å²) in [6.07, 6.45) is 0.580. The molecule has 2 fully saturated rings. The van der Waals surface area contributed by atoms with Crippen molar-refractivity contribution in [1.82, 2.24) is 14.9 Å². The van der Waals surface area contributed by atoms with Gasteiger partial charge in [-0.15, -0.1) is 0 Å². The molecular formula is C17H25F2N3O3. The zero-order chi connectivity index (χ0) is 18.2. The molecule has 0 radical (unpaired) electrons. The van der Waals surface area contributed by atoms with Crippen LogP contribution >= 0.6 is 0 Å². The first kappa shape index (κ1) is 18.3. The number of carbonyl (C=O) groups excluding carboxylic acids is 1. The number of aryl methyl sites for hydroxylation is 2. The summed E-state index contributed by atoms with van der Waals surface area (Å²) < 4.78 is 40.2. The molecule has 25 heavy (non-hydrogen) atoms. The number of aromatic amines is 1. The molecule has 0 saturated carbocycles. The van der Waals surface area contributed by atoms with E-state index in [1.807, 2.05) is 13.8 Å². The van der Waals surface area contributed by atoms with E-state index in [1.165, 1.54) is 12.0 Å². The van der Waals surface area contributed by atoms with E-state index in [4.69, 9.17) is 9.47 Å². The molecule has 2 aliphatic heterocycles. The number of alkyl halides is 2. The maximum absolute atomic E-state index is 14.8. The third-order valence-corrected chi connectivity index (χ3v) is 5.34. The van der Waals surface area contributed by atoms with E-state index in [1.54, 1.807) is 0 Å². The first-order valence-electron chi connectivity index (χ1n) is 8.67. The van der Waals surface area contributed by atoms with Crippen molar-refractivity contribution in [3.8, 4) is 0 Å². The van der Waals surface area contributed by atoms with Crippen LogP contribution in [0.4, 0.5) is 8.78 Å². The van der Waals surface area contributed by atoms with E-state index < -0.39 is 23.8 Å². The van der Waals surface area contributed by atoms with Gasteiger partial charge in [-0.1, -0.05) is 0 Å². The Balaban J connectivity index is 1.85. The largest absolute Gasteiger partial charge is 0.381 e. The molecule has 2 aliphatic rings. The molecule has 0 aromatic carbocycles. The molecular weight excluding hydrogens is 332 g/mol. The van der Waals surface area contributed by atoms with Crippen molar-refractivity contribution >= 4 is 5.91 Å². The van der Waals surface area contributed by atoms with Crippen molar-refractivity contribution in [2.75, 3.05) is 26.9 Å². The second kappa shape index (κ2) is 6.99. The molecule has 1 N–H and O–H groups in total. The Morgan fingerprint density at radius 2 is 2.04 bits per heavy atom. The van der Waals surface area contributed by atoms with Gasteiger partial charge < -0.3 is 19.4 Å². The van der Waals surface area contributed by atoms with Gasteiger partial charge in [0.2, 0.25) is 0 Å². The SMILES string of the molecule is CO[C@@H]1C[C@@H](c2nc(C)c(C)[nH]2)N(C(=O)C(F)(F)C2CCOCC2)C1. The Labute approximate surface area is 145 Å². The smallest absolute Gasteiger partial charge is 0.327 e. The lowest BCUT2D eigenvalue weighted by atomic mass is 9.92.